The molecule has 1 aliphatic heterocycles. The Labute approximate surface area is 136 Å². The molecule has 1 N–H and O–H groups in total. The summed E-state index contributed by atoms with van der Waals surface area (Å²) in [5.74, 6) is 1.15. The van der Waals surface area contributed by atoms with Gasteiger partial charge in [0.1, 0.15) is 11.5 Å². The van der Waals surface area contributed by atoms with Crippen molar-refractivity contribution in [1.29, 1.82) is 0 Å². The van der Waals surface area contributed by atoms with Crippen molar-refractivity contribution >= 4 is 15.9 Å². The Hall–Kier alpha value is -1.80. The summed E-state index contributed by atoms with van der Waals surface area (Å²) in [5.41, 5.74) is 0. The van der Waals surface area contributed by atoms with E-state index in [1.54, 1.807) is 36.3 Å². The third kappa shape index (κ3) is 5.72. The molecule has 1 fully saturated rings. The molecule has 0 aliphatic carbocycles. The van der Waals surface area contributed by atoms with Crippen LogP contribution >= 0.6 is 0 Å². The molecule has 1 unspecified atom stereocenters. The van der Waals surface area contributed by atoms with Crippen LogP contribution in [0.3, 0.4) is 0 Å². The quantitative estimate of drug-likeness (QED) is 0.819. The number of ether oxygens (including phenoxy) is 2. The predicted molar refractivity (Wildman–Crippen MR) is 86.1 cm³/mol. The van der Waals surface area contributed by atoms with Gasteiger partial charge in [0.05, 0.1) is 13.4 Å². The Bertz CT molecular complexity index is 630. The maximum Gasteiger partial charge on any atom is 0.260 e. The fourth-order valence-corrected chi connectivity index (χ4v) is 3.31. The van der Waals surface area contributed by atoms with E-state index in [1.807, 2.05) is 0 Å². The highest BCUT2D eigenvalue weighted by atomic mass is 32.2. The maximum atomic E-state index is 12.2. The van der Waals surface area contributed by atoms with Gasteiger partial charge in [-0.15, -0.1) is 0 Å². The first-order valence-corrected chi connectivity index (χ1v) is 9.28. The van der Waals surface area contributed by atoms with Crippen LogP contribution in [0.1, 0.15) is 12.8 Å². The molecule has 0 bridgehead atoms. The number of sulfonamides is 1. The second-order valence-corrected chi connectivity index (χ2v) is 7.31. The number of amides is 1. The normalized spacial score (nSPS) is 18.5. The van der Waals surface area contributed by atoms with Gasteiger partial charge in [0, 0.05) is 19.1 Å². The van der Waals surface area contributed by atoms with Crippen LogP contribution < -0.4 is 14.2 Å². The average Bonchev–Trinajstić information content (AvgIpc) is 2.51. The first kappa shape index (κ1) is 17.6. The van der Waals surface area contributed by atoms with Gasteiger partial charge < -0.3 is 14.4 Å². The van der Waals surface area contributed by atoms with E-state index in [-0.39, 0.29) is 18.6 Å². The number of hydrogen-bond donors (Lipinski definition) is 1. The standard InChI is InChI=1S/C15H22N2O5S/c1-21-13-5-7-14(8-6-13)22-11-15(18)17-9-3-4-12(10-17)16-23(2,19)20/h5-8,12,16H,3-4,9-11H2,1-2H3. The maximum absolute atomic E-state index is 12.2. The van der Waals surface area contributed by atoms with Crippen molar-refractivity contribution < 1.29 is 22.7 Å². The molecule has 1 aliphatic rings. The summed E-state index contributed by atoms with van der Waals surface area (Å²) in [7, 11) is -1.69. The van der Waals surface area contributed by atoms with Crippen LogP contribution in [-0.4, -0.2) is 58.3 Å². The zero-order chi connectivity index (χ0) is 16.9. The molecule has 0 aromatic heterocycles. The lowest BCUT2D eigenvalue weighted by molar-refractivity contribution is -0.134. The molecular weight excluding hydrogens is 320 g/mol. The number of carbonyl (C=O) groups is 1. The number of nitrogens with one attached hydrogen (secondary N) is 1. The lowest BCUT2D eigenvalue weighted by Gasteiger charge is -2.32. The van der Waals surface area contributed by atoms with E-state index in [2.05, 4.69) is 4.72 Å². The molecule has 1 aromatic rings. The van der Waals surface area contributed by atoms with Gasteiger partial charge in [-0.3, -0.25) is 4.79 Å². The third-order valence-electron chi connectivity index (χ3n) is 3.58. The fraction of sp³-hybridized carbons (Fsp3) is 0.533. The number of carbonyl (C=O) groups excluding carboxylic acids is 1. The summed E-state index contributed by atoms with van der Waals surface area (Å²) in [6, 6.07) is 6.75. The Morgan fingerprint density at radius 2 is 1.96 bits per heavy atom. The molecule has 1 atom stereocenters. The summed E-state index contributed by atoms with van der Waals surface area (Å²) in [6.45, 7) is 0.919. The van der Waals surface area contributed by atoms with E-state index in [0.29, 0.717) is 18.8 Å². The van der Waals surface area contributed by atoms with E-state index in [9.17, 15) is 13.2 Å². The van der Waals surface area contributed by atoms with Crippen LogP contribution in [0.25, 0.3) is 0 Å². The SMILES string of the molecule is COc1ccc(OCC(=O)N2CCCC(NS(C)(=O)=O)C2)cc1. The van der Waals surface area contributed by atoms with E-state index in [0.717, 1.165) is 24.8 Å². The molecule has 8 heteroatoms. The summed E-state index contributed by atoms with van der Waals surface area (Å²) in [5, 5.41) is 0. The minimum absolute atomic E-state index is 0.0715. The van der Waals surface area contributed by atoms with Gasteiger partial charge in [0.2, 0.25) is 10.0 Å². The van der Waals surface area contributed by atoms with Gasteiger partial charge in [-0.05, 0) is 37.1 Å². The largest absolute Gasteiger partial charge is 0.497 e. The monoisotopic (exact) mass is 342 g/mol. The predicted octanol–water partition coefficient (Wildman–Crippen LogP) is 0.614. The van der Waals surface area contributed by atoms with Crippen LogP contribution in [0, 0.1) is 0 Å². The first-order valence-electron chi connectivity index (χ1n) is 7.39. The van der Waals surface area contributed by atoms with Gasteiger partial charge in [0.25, 0.3) is 5.91 Å². The molecule has 0 radical (unpaired) electrons. The number of hydrogen-bond acceptors (Lipinski definition) is 5. The molecule has 23 heavy (non-hydrogen) atoms. The summed E-state index contributed by atoms with van der Waals surface area (Å²) < 4.78 is 35.7. The summed E-state index contributed by atoms with van der Waals surface area (Å²) in [6.07, 6.45) is 2.62. The second kappa shape index (κ2) is 7.65. The number of likely N-dealkylation sites (tertiary alicyclic amines) is 1. The van der Waals surface area contributed by atoms with Crippen molar-refractivity contribution in [3.05, 3.63) is 24.3 Å². The van der Waals surface area contributed by atoms with Crippen LogP contribution in [-0.2, 0) is 14.8 Å². The molecule has 1 heterocycles. The fourth-order valence-electron chi connectivity index (χ4n) is 2.51. The Morgan fingerprint density at radius 3 is 2.57 bits per heavy atom. The van der Waals surface area contributed by atoms with Crippen molar-refractivity contribution in [2.45, 2.75) is 18.9 Å². The van der Waals surface area contributed by atoms with Crippen molar-refractivity contribution in [3.63, 3.8) is 0 Å². The smallest absolute Gasteiger partial charge is 0.260 e. The summed E-state index contributed by atoms with van der Waals surface area (Å²) >= 11 is 0. The Balaban J connectivity index is 1.84. The minimum Gasteiger partial charge on any atom is -0.497 e. The van der Waals surface area contributed by atoms with Gasteiger partial charge >= 0.3 is 0 Å². The van der Waals surface area contributed by atoms with Crippen molar-refractivity contribution in [2.75, 3.05) is 33.1 Å². The second-order valence-electron chi connectivity index (χ2n) is 5.53. The zero-order valence-corrected chi connectivity index (χ0v) is 14.1. The van der Waals surface area contributed by atoms with E-state index < -0.39 is 10.0 Å². The van der Waals surface area contributed by atoms with Crippen LogP contribution in [0.15, 0.2) is 24.3 Å². The number of methoxy groups -OCH3 is 1. The topological polar surface area (TPSA) is 84.9 Å². The molecule has 128 valence electrons. The van der Waals surface area contributed by atoms with E-state index >= 15 is 0 Å². The van der Waals surface area contributed by atoms with Gasteiger partial charge in [0.15, 0.2) is 6.61 Å². The number of nitrogens with zero attached hydrogens (tertiary/aromatic N) is 1. The molecule has 2 rings (SSSR count). The lowest BCUT2D eigenvalue weighted by Crippen LogP contribution is -2.50. The van der Waals surface area contributed by atoms with E-state index in [1.165, 1.54) is 0 Å². The van der Waals surface area contributed by atoms with E-state index in [4.69, 9.17) is 9.47 Å². The average molecular weight is 342 g/mol. The number of piperidine rings is 1. The highest BCUT2D eigenvalue weighted by Gasteiger charge is 2.25. The Kier molecular flexibility index (Phi) is 5.84. The molecule has 0 spiro atoms. The van der Waals surface area contributed by atoms with Gasteiger partial charge in [-0.2, -0.15) is 0 Å². The lowest BCUT2D eigenvalue weighted by atomic mass is 10.1. The van der Waals surface area contributed by atoms with Crippen molar-refractivity contribution in [1.82, 2.24) is 9.62 Å². The first-order chi connectivity index (χ1) is 10.9. The Morgan fingerprint density at radius 1 is 1.30 bits per heavy atom. The molecule has 1 aromatic carbocycles. The van der Waals surface area contributed by atoms with Crippen molar-refractivity contribution in [3.8, 4) is 11.5 Å². The molecule has 0 saturated carbocycles. The summed E-state index contributed by atoms with van der Waals surface area (Å²) in [4.78, 5) is 13.8. The number of benzene rings is 1. The number of rotatable bonds is 6. The third-order valence-corrected chi connectivity index (χ3v) is 4.34. The van der Waals surface area contributed by atoms with Crippen molar-refractivity contribution in [2.24, 2.45) is 0 Å². The molecular formula is C15H22N2O5S. The van der Waals surface area contributed by atoms with Crippen LogP contribution in [0.2, 0.25) is 0 Å². The minimum atomic E-state index is -3.27. The molecule has 1 saturated heterocycles. The van der Waals surface area contributed by atoms with Crippen LogP contribution in [0.4, 0.5) is 0 Å². The van der Waals surface area contributed by atoms with Crippen LogP contribution in [0.5, 0.6) is 11.5 Å². The van der Waals surface area contributed by atoms with Gasteiger partial charge in [-0.1, -0.05) is 0 Å². The highest BCUT2D eigenvalue weighted by molar-refractivity contribution is 7.88. The molecule has 7 nitrogen and oxygen atoms in total. The highest BCUT2D eigenvalue weighted by Crippen LogP contribution is 2.17. The van der Waals surface area contributed by atoms with Gasteiger partial charge in [-0.25, -0.2) is 13.1 Å². The molecule has 1 amide bonds. The zero-order valence-electron chi connectivity index (χ0n) is 13.3.